The van der Waals surface area contributed by atoms with Crippen LogP contribution in [0.15, 0.2) is 67.3 Å². The molecule has 0 fully saturated rings. The third-order valence-corrected chi connectivity index (χ3v) is 4.71. The lowest BCUT2D eigenvalue weighted by atomic mass is 10.1. The largest absolute Gasteiger partial charge is 0.457 e. The van der Waals surface area contributed by atoms with E-state index in [2.05, 4.69) is 20.4 Å². The standard InChI is InChI=1S/C23H20FN5O2/c1-15-20(23(30)27-13-18-7-6-17(24)12-26-18)4-3-5-22(15)31-19-8-9-25-21(10-19)16-11-28-29(2)14-16/h3-12,14H,13H2,1-2H3,(H,27,30). The van der Waals surface area contributed by atoms with Crippen LogP contribution in [0.25, 0.3) is 11.3 Å². The maximum Gasteiger partial charge on any atom is 0.252 e. The zero-order chi connectivity index (χ0) is 21.8. The molecule has 4 aromatic rings. The first-order chi connectivity index (χ1) is 15.0. The molecule has 0 saturated heterocycles. The highest BCUT2D eigenvalue weighted by Gasteiger charge is 2.14. The van der Waals surface area contributed by atoms with Crippen LogP contribution in [0.5, 0.6) is 11.5 Å². The van der Waals surface area contributed by atoms with Crippen molar-refractivity contribution in [2.24, 2.45) is 7.05 Å². The fourth-order valence-electron chi connectivity index (χ4n) is 3.06. The van der Waals surface area contributed by atoms with Gasteiger partial charge in [-0.2, -0.15) is 5.10 Å². The lowest BCUT2D eigenvalue weighted by Gasteiger charge is -2.13. The molecular weight excluding hydrogens is 397 g/mol. The fourth-order valence-corrected chi connectivity index (χ4v) is 3.06. The Hall–Kier alpha value is -4.07. The molecule has 0 spiro atoms. The molecule has 0 aliphatic heterocycles. The van der Waals surface area contributed by atoms with Crippen molar-refractivity contribution in [1.29, 1.82) is 0 Å². The number of carbonyl (C=O) groups is 1. The fraction of sp³-hybridized carbons (Fsp3) is 0.130. The van der Waals surface area contributed by atoms with Gasteiger partial charge >= 0.3 is 0 Å². The number of nitrogens with zero attached hydrogens (tertiary/aromatic N) is 4. The second-order valence-corrected chi connectivity index (χ2v) is 6.96. The molecule has 0 bridgehead atoms. The van der Waals surface area contributed by atoms with E-state index in [9.17, 15) is 9.18 Å². The molecule has 1 amide bonds. The predicted octanol–water partition coefficient (Wildman–Crippen LogP) is 4.05. The Morgan fingerprint density at radius 3 is 2.77 bits per heavy atom. The molecule has 3 aromatic heterocycles. The van der Waals surface area contributed by atoms with Crippen LogP contribution in [0.4, 0.5) is 4.39 Å². The van der Waals surface area contributed by atoms with Crippen LogP contribution in [-0.4, -0.2) is 25.7 Å². The van der Waals surface area contributed by atoms with Crippen LogP contribution in [0.3, 0.4) is 0 Å². The van der Waals surface area contributed by atoms with Gasteiger partial charge in [0, 0.05) is 42.2 Å². The summed E-state index contributed by atoms with van der Waals surface area (Å²) in [5.74, 6) is 0.485. The summed E-state index contributed by atoms with van der Waals surface area (Å²) in [6, 6.07) is 11.7. The van der Waals surface area contributed by atoms with Gasteiger partial charge in [0.25, 0.3) is 5.91 Å². The monoisotopic (exact) mass is 417 g/mol. The van der Waals surface area contributed by atoms with Crippen molar-refractivity contribution in [2.45, 2.75) is 13.5 Å². The van der Waals surface area contributed by atoms with Crippen molar-refractivity contribution in [3.8, 4) is 22.8 Å². The molecule has 1 N–H and O–H groups in total. The molecule has 1 aromatic carbocycles. The van der Waals surface area contributed by atoms with E-state index in [4.69, 9.17) is 4.74 Å². The van der Waals surface area contributed by atoms with Gasteiger partial charge in [0.05, 0.1) is 30.3 Å². The number of rotatable bonds is 6. The van der Waals surface area contributed by atoms with Gasteiger partial charge in [-0.25, -0.2) is 4.39 Å². The van der Waals surface area contributed by atoms with Gasteiger partial charge in [-0.1, -0.05) is 6.07 Å². The molecule has 0 radical (unpaired) electrons. The maximum absolute atomic E-state index is 13.0. The molecule has 0 unspecified atom stereocenters. The number of ether oxygens (including phenoxy) is 1. The van der Waals surface area contributed by atoms with Gasteiger partial charge < -0.3 is 10.1 Å². The quantitative estimate of drug-likeness (QED) is 0.512. The number of halogens is 1. The number of nitrogens with one attached hydrogen (secondary N) is 1. The number of amides is 1. The van der Waals surface area contributed by atoms with Crippen molar-refractivity contribution in [3.63, 3.8) is 0 Å². The van der Waals surface area contributed by atoms with E-state index in [1.807, 2.05) is 26.2 Å². The normalized spacial score (nSPS) is 10.7. The Morgan fingerprint density at radius 2 is 2.03 bits per heavy atom. The SMILES string of the molecule is Cc1c(Oc2ccnc(-c3cnn(C)c3)c2)cccc1C(=O)NCc1ccc(F)cn1. The minimum Gasteiger partial charge on any atom is -0.457 e. The van der Waals surface area contributed by atoms with E-state index in [0.29, 0.717) is 28.3 Å². The highest BCUT2D eigenvalue weighted by atomic mass is 19.1. The Morgan fingerprint density at radius 1 is 1.16 bits per heavy atom. The number of carbonyl (C=O) groups excluding carboxylic acids is 1. The Bertz CT molecular complexity index is 1220. The van der Waals surface area contributed by atoms with Gasteiger partial charge in [0.2, 0.25) is 0 Å². The number of hydrogen-bond donors (Lipinski definition) is 1. The third-order valence-electron chi connectivity index (χ3n) is 4.71. The van der Waals surface area contributed by atoms with E-state index in [1.54, 1.807) is 41.3 Å². The van der Waals surface area contributed by atoms with Crippen LogP contribution < -0.4 is 10.1 Å². The predicted molar refractivity (Wildman–Crippen MR) is 113 cm³/mol. The topological polar surface area (TPSA) is 81.9 Å². The third kappa shape index (κ3) is 4.75. The second kappa shape index (κ2) is 8.74. The first-order valence-corrected chi connectivity index (χ1v) is 9.61. The van der Waals surface area contributed by atoms with Crippen molar-refractivity contribution in [1.82, 2.24) is 25.1 Å². The summed E-state index contributed by atoms with van der Waals surface area (Å²) >= 11 is 0. The van der Waals surface area contributed by atoms with E-state index >= 15 is 0 Å². The van der Waals surface area contributed by atoms with Crippen LogP contribution in [-0.2, 0) is 13.6 Å². The molecular formula is C23H20FN5O2. The Kier molecular flexibility index (Phi) is 5.70. The van der Waals surface area contributed by atoms with Crippen LogP contribution >= 0.6 is 0 Å². The Labute approximate surface area is 178 Å². The summed E-state index contributed by atoms with van der Waals surface area (Å²) in [7, 11) is 1.84. The zero-order valence-electron chi connectivity index (χ0n) is 17.0. The lowest BCUT2D eigenvalue weighted by Crippen LogP contribution is -2.24. The molecule has 7 nitrogen and oxygen atoms in total. The van der Waals surface area contributed by atoms with Crippen LogP contribution in [0.1, 0.15) is 21.6 Å². The summed E-state index contributed by atoms with van der Waals surface area (Å²) in [5.41, 5.74) is 3.38. The first kappa shape index (κ1) is 20.2. The minimum absolute atomic E-state index is 0.197. The van der Waals surface area contributed by atoms with E-state index < -0.39 is 5.82 Å². The number of pyridine rings is 2. The van der Waals surface area contributed by atoms with E-state index in [1.165, 1.54) is 12.1 Å². The number of hydrogen-bond acceptors (Lipinski definition) is 5. The molecule has 8 heteroatoms. The Balaban J connectivity index is 1.50. The van der Waals surface area contributed by atoms with E-state index in [-0.39, 0.29) is 12.5 Å². The van der Waals surface area contributed by atoms with Crippen LogP contribution in [0.2, 0.25) is 0 Å². The molecule has 156 valence electrons. The number of aryl methyl sites for hydroxylation is 1. The summed E-state index contributed by atoms with van der Waals surface area (Å²) in [4.78, 5) is 21.0. The molecule has 0 saturated carbocycles. The van der Waals surface area contributed by atoms with Gasteiger partial charge in [-0.3, -0.25) is 19.4 Å². The van der Waals surface area contributed by atoms with E-state index in [0.717, 1.165) is 17.5 Å². The van der Waals surface area contributed by atoms with Gasteiger partial charge in [-0.05, 0) is 37.3 Å². The molecule has 31 heavy (non-hydrogen) atoms. The van der Waals surface area contributed by atoms with Crippen molar-refractivity contribution in [3.05, 3.63) is 89.9 Å². The molecule has 0 aliphatic carbocycles. The van der Waals surface area contributed by atoms with Crippen molar-refractivity contribution < 1.29 is 13.9 Å². The molecule has 0 atom stereocenters. The maximum atomic E-state index is 13.0. The summed E-state index contributed by atoms with van der Waals surface area (Å²) in [5, 5.41) is 6.96. The second-order valence-electron chi connectivity index (χ2n) is 6.96. The highest BCUT2D eigenvalue weighted by molar-refractivity contribution is 5.96. The lowest BCUT2D eigenvalue weighted by molar-refractivity contribution is 0.0949. The molecule has 0 aliphatic rings. The van der Waals surface area contributed by atoms with Gasteiger partial charge in [0.1, 0.15) is 17.3 Å². The zero-order valence-corrected chi connectivity index (χ0v) is 17.0. The molecule has 3 heterocycles. The number of aromatic nitrogens is 4. The summed E-state index contributed by atoms with van der Waals surface area (Å²) in [6.07, 6.45) is 6.39. The minimum atomic E-state index is -0.418. The smallest absolute Gasteiger partial charge is 0.252 e. The summed E-state index contributed by atoms with van der Waals surface area (Å²) in [6.45, 7) is 2.02. The van der Waals surface area contributed by atoms with Crippen molar-refractivity contribution >= 4 is 5.91 Å². The van der Waals surface area contributed by atoms with Crippen LogP contribution in [0, 0.1) is 12.7 Å². The average molecular weight is 417 g/mol. The summed E-state index contributed by atoms with van der Waals surface area (Å²) < 4.78 is 20.7. The first-order valence-electron chi connectivity index (χ1n) is 9.61. The van der Waals surface area contributed by atoms with Gasteiger partial charge in [0.15, 0.2) is 0 Å². The average Bonchev–Trinajstić information content (AvgIpc) is 3.21. The van der Waals surface area contributed by atoms with Crippen molar-refractivity contribution in [2.75, 3.05) is 0 Å². The number of benzene rings is 1. The highest BCUT2D eigenvalue weighted by Crippen LogP contribution is 2.29. The molecule has 4 rings (SSSR count). The van der Waals surface area contributed by atoms with Gasteiger partial charge in [-0.15, -0.1) is 0 Å².